The lowest BCUT2D eigenvalue weighted by Crippen LogP contribution is -2.39. The summed E-state index contributed by atoms with van der Waals surface area (Å²) in [5.74, 6) is -2.75. The first kappa shape index (κ1) is 23.9. The summed E-state index contributed by atoms with van der Waals surface area (Å²) in [5, 5.41) is 11.4. The first-order chi connectivity index (χ1) is 15.5. The van der Waals surface area contributed by atoms with Crippen LogP contribution in [0, 0.1) is 5.82 Å². The minimum atomic E-state index is -4.66. The van der Waals surface area contributed by atoms with Crippen molar-refractivity contribution in [1.29, 1.82) is 0 Å². The zero-order valence-corrected chi connectivity index (χ0v) is 16.9. The van der Waals surface area contributed by atoms with Crippen molar-refractivity contribution in [2.24, 2.45) is 5.73 Å². The number of hydrogen-bond donors (Lipinski definition) is 3. The van der Waals surface area contributed by atoms with Crippen LogP contribution >= 0.6 is 0 Å². The lowest BCUT2D eigenvalue weighted by atomic mass is 10.0. The number of pyridine rings is 2. The van der Waals surface area contributed by atoms with Crippen molar-refractivity contribution in [3.05, 3.63) is 75.0 Å². The average molecular weight is 466 g/mol. The summed E-state index contributed by atoms with van der Waals surface area (Å²) in [6.45, 7) is -3.22. The van der Waals surface area contributed by atoms with Gasteiger partial charge in [-0.25, -0.2) is 4.39 Å². The molecule has 0 spiro atoms. The number of rotatable bonds is 7. The van der Waals surface area contributed by atoms with Crippen LogP contribution in [0.3, 0.4) is 0 Å². The second-order valence-corrected chi connectivity index (χ2v) is 7.17. The summed E-state index contributed by atoms with van der Waals surface area (Å²) in [7, 11) is 0. The third kappa shape index (κ3) is 5.52. The topological polar surface area (TPSA) is 127 Å². The van der Waals surface area contributed by atoms with Crippen molar-refractivity contribution in [1.82, 2.24) is 14.9 Å². The molecule has 174 valence electrons. The van der Waals surface area contributed by atoms with Gasteiger partial charge in [-0.3, -0.25) is 23.9 Å². The third-order valence-corrected chi connectivity index (χ3v) is 4.78. The van der Waals surface area contributed by atoms with Crippen LogP contribution in [-0.4, -0.2) is 39.2 Å². The minimum absolute atomic E-state index is 0.0100. The van der Waals surface area contributed by atoms with Crippen molar-refractivity contribution in [2.75, 3.05) is 6.54 Å². The van der Waals surface area contributed by atoms with E-state index < -0.39 is 54.6 Å². The Bertz CT molecular complexity index is 1270. The quantitative estimate of drug-likeness (QED) is 0.454. The number of nitrogens with two attached hydrogens (primary N) is 1. The number of fused-ring (bicyclic) bond motifs is 1. The molecular formula is C21H18F4N4O4. The zero-order chi connectivity index (χ0) is 24.3. The van der Waals surface area contributed by atoms with E-state index in [0.717, 1.165) is 4.57 Å². The molecule has 0 fully saturated rings. The molecule has 0 saturated heterocycles. The maximum atomic E-state index is 13.2. The molecule has 3 aromatic rings. The van der Waals surface area contributed by atoms with Gasteiger partial charge in [-0.1, -0.05) is 12.1 Å². The molecular weight excluding hydrogens is 448 g/mol. The van der Waals surface area contributed by atoms with Crippen molar-refractivity contribution in [2.45, 2.75) is 25.7 Å². The van der Waals surface area contributed by atoms with Gasteiger partial charge in [-0.15, -0.1) is 0 Å². The van der Waals surface area contributed by atoms with Crippen LogP contribution in [0.25, 0.3) is 11.0 Å². The summed E-state index contributed by atoms with van der Waals surface area (Å²) in [5.41, 5.74) is 4.65. The fourth-order valence-electron chi connectivity index (χ4n) is 3.32. The van der Waals surface area contributed by atoms with Crippen LogP contribution in [0.5, 0.6) is 0 Å². The lowest BCUT2D eigenvalue weighted by molar-refractivity contribution is -0.138. The first-order valence-electron chi connectivity index (χ1n) is 9.53. The third-order valence-electron chi connectivity index (χ3n) is 4.78. The molecule has 0 unspecified atom stereocenters. The van der Waals surface area contributed by atoms with Gasteiger partial charge in [0, 0.05) is 11.8 Å². The molecule has 0 aliphatic rings. The highest BCUT2D eigenvalue weighted by atomic mass is 19.4. The van der Waals surface area contributed by atoms with Gasteiger partial charge in [0.15, 0.2) is 0 Å². The van der Waals surface area contributed by atoms with Crippen LogP contribution in [0.4, 0.5) is 17.6 Å². The molecule has 0 saturated carbocycles. The zero-order valence-electron chi connectivity index (χ0n) is 16.9. The summed E-state index contributed by atoms with van der Waals surface area (Å²) in [6, 6.07) is 7.04. The molecule has 2 aromatic heterocycles. The molecule has 3 rings (SSSR count). The Morgan fingerprint density at radius 3 is 2.39 bits per heavy atom. The summed E-state index contributed by atoms with van der Waals surface area (Å²) < 4.78 is 51.2. The number of aromatic nitrogens is 2. The number of carbonyl (C=O) groups is 2. The van der Waals surface area contributed by atoms with E-state index in [9.17, 15) is 37.1 Å². The Hall–Kier alpha value is -3.80. The number of carbonyl (C=O) groups excluding carboxylic acids is 2. The predicted octanol–water partition coefficient (Wildman–Crippen LogP) is 1.40. The highest BCUT2D eigenvalue weighted by Gasteiger charge is 2.28. The SMILES string of the molecule is NC(=O)c1c(CO)c2ncc(Cc3ccc(F)cc3)cc2n(CC(=O)NCC(F)(F)F)c1=O. The second kappa shape index (κ2) is 9.36. The number of amides is 2. The highest BCUT2D eigenvalue weighted by Crippen LogP contribution is 2.21. The fourth-order valence-corrected chi connectivity index (χ4v) is 3.32. The van der Waals surface area contributed by atoms with Gasteiger partial charge >= 0.3 is 6.18 Å². The van der Waals surface area contributed by atoms with Crippen molar-refractivity contribution in [3.63, 3.8) is 0 Å². The molecule has 0 aliphatic carbocycles. The van der Waals surface area contributed by atoms with Crippen molar-refractivity contribution < 1.29 is 32.3 Å². The summed E-state index contributed by atoms with van der Waals surface area (Å²) in [4.78, 5) is 41.1. The van der Waals surface area contributed by atoms with E-state index in [4.69, 9.17) is 5.73 Å². The molecule has 0 aliphatic heterocycles. The molecule has 1 aromatic carbocycles. The van der Waals surface area contributed by atoms with Gasteiger partial charge in [-0.2, -0.15) is 13.2 Å². The van der Waals surface area contributed by atoms with E-state index >= 15 is 0 Å². The smallest absolute Gasteiger partial charge is 0.392 e. The monoisotopic (exact) mass is 466 g/mol. The Kier molecular flexibility index (Phi) is 6.77. The summed E-state index contributed by atoms with van der Waals surface area (Å²) in [6.07, 6.45) is -3.01. The number of aliphatic hydroxyl groups excluding tert-OH is 1. The van der Waals surface area contributed by atoms with Crippen LogP contribution < -0.4 is 16.6 Å². The molecule has 2 amide bonds. The average Bonchev–Trinajstić information content (AvgIpc) is 2.74. The standard InChI is InChI=1S/C21H18F4N4O4/c22-13-3-1-11(2-4-13)5-12-6-15-18(27-7-12)14(9-30)17(19(26)32)20(33)29(15)8-16(31)28-10-21(23,24)25/h1-4,6-7,30H,5,8-10H2,(H2,26,32)(H,28,31). The van der Waals surface area contributed by atoms with Crippen molar-refractivity contribution >= 4 is 22.8 Å². The number of alkyl halides is 3. The number of halogens is 4. The van der Waals surface area contributed by atoms with Gasteiger partial charge in [0.1, 0.15) is 24.5 Å². The van der Waals surface area contributed by atoms with Crippen LogP contribution in [0.15, 0.2) is 41.3 Å². The largest absolute Gasteiger partial charge is 0.405 e. The van der Waals surface area contributed by atoms with Gasteiger partial charge < -0.3 is 16.2 Å². The summed E-state index contributed by atoms with van der Waals surface area (Å²) >= 11 is 0. The minimum Gasteiger partial charge on any atom is -0.392 e. The molecule has 12 heteroatoms. The highest BCUT2D eigenvalue weighted by molar-refractivity contribution is 5.98. The maximum Gasteiger partial charge on any atom is 0.405 e. The van der Waals surface area contributed by atoms with E-state index in [2.05, 4.69) is 4.98 Å². The molecule has 4 N–H and O–H groups in total. The van der Waals surface area contributed by atoms with E-state index in [-0.39, 0.29) is 23.0 Å². The van der Waals surface area contributed by atoms with E-state index in [1.807, 2.05) is 0 Å². The van der Waals surface area contributed by atoms with E-state index in [1.54, 1.807) is 5.32 Å². The first-order valence-corrected chi connectivity index (χ1v) is 9.53. The van der Waals surface area contributed by atoms with Gasteiger partial charge in [0.2, 0.25) is 5.91 Å². The number of nitrogens with one attached hydrogen (secondary N) is 1. The Morgan fingerprint density at radius 2 is 1.82 bits per heavy atom. The van der Waals surface area contributed by atoms with E-state index in [1.165, 1.54) is 36.5 Å². The Balaban J connectivity index is 2.12. The number of hydrogen-bond acceptors (Lipinski definition) is 5. The Labute approximate surface area is 183 Å². The predicted molar refractivity (Wildman–Crippen MR) is 109 cm³/mol. The van der Waals surface area contributed by atoms with Crippen molar-refractivity contribution in [3.8, 4) is 0 Å². The van der Waals surface area contributed by atoms with Crippen LogP contribution in [0.1, 0.15) is 27.0 Å². The van der Waals surface area contributed by atoms with E-state index in [0.29, 0.717) is 11.1 Å². The molecule has 33 heavy (non-hydrogen) atoms. The molecule has 0 atom stereocenters. The number of nitrogens with zero attached hydrogens (tertiary/aromatic N) is 2. The van der Waals surface area contributed by atoms with Gasteiger partial charge in [-0.05, 0) is 35.7 Å². The number of aliphatic hydroxyl groups is 1. The van der Waals surface area contributed by atoms with Crippen LogP contribution in [0.2, 0.25) is 0 Å². The normalized spacial score (nSPS) is 11.5. The second-order valence-electron chi connectivity index (χ2n) is 7.17. The maximum absolute atomic E-state index is 13.2. The molecule has 8 nitrogen and oxygen atoms in total. The number of primary amides is 1. The fraction of sp³-hybridized carbons (Fsp3) is 0.238. The van der Waals surface area contributed by atoms with Gasteiger partial charge in [0.05, 0.1) is 17.6 Å². The lowest BCUT2D eigenvalue weighted by Gasteiger charge is -2.16. The molecule has 0 bridgehead atoms. The number of benzene rings is 1. The van der Waals surface area contributed by atoms with Crippen LogP contribution in [-0.2, 0) is 24.4 Å². The Morgan fingerprint density at radius 1 is 1.15 bits per heavy atom. The van der Waals surface area contributed by atoms with Gasteiger partial charge in [0.25, 0.3) is 11.5 Å². The molecule has 2 heterocycles. The molecule has 0 radical (unpaired) electrons.